The lowest BCUT2D eigenvalue weighted by Gasteiger charge is -2.33. The number of carboxylic acids is 1. The molecular formula is C23H22Cl2N2O5. The van der Waals surface area contributed by atoms with Crippen molar-refractivity contribution in [3.63, 3.8) is 0 Å². The van der Waals surface area contributed by atoms with Crippen molar-refractivity contribution in [2.24, 2.45) is 0 Å². The molecule has 3 aromatic rings. The molecule has 2 heterocycles. The summed E-state index contributed by atoms with van der Waals surface area (Å²) >= 11 is 12.0. The van der Waals surface area contributed by atoms with Crippen LogP contribution in [0.3, 0.4) is 0 Å². The van der Waals surface area contributed by atoms with Crippen molar-refractivity contribution in [1.29, 1.82) is 0 Å². The first-order chi connectivity index (χ1) is 15.4. The van der Waals surface area contributed by atoms with E-state index in [0.717, 1.165) is 32.7 Å². The Bertz CT molecular complexity index is 1190. The molecule has 168 valence electrons. The Morgan fingerprint density at radius 1 is 1.03 bits per heavy atom. The van der Waals surface area contributed by atoms with E-state index >= 15 is 0 Å². The Labute approximate surface area is 194 Å². The van der Waals surface area contributed by atoms with Gasteiger partial charge < -0.3 is 14.3 Å². The molecule has 4 rings (SSSR count). The number of hydrogen-bond donors (Lipinski definition) is 1. The minimum absolute atomic E-state index is 0.0827. The molecule has 0 unspecified atom stereocenters. The highest BCUT2D eigenvalue weighted by molar-refractivity contribution is 6.42. The Kier molecular flexibility index (Phi) is 7.01. The second-order valence-corrected chi connectivity index (χ2v) is 8.44. The van der Waals surface area contributed by atoms with Crippen LogP contribution < -0.4 is 10.2 Å². The number of piperazine rings is 1. The van der Waals surface area contributed by atoms with Gasteiger partial charge >= 0.3 is 5.97 Å². The standard InChI is InChI=1S/C23H22Cl2N2O5/c24-19-4-1-15(11-20(19)25)18-14-32-21-12-16(2-3-17(21)23(18)30)31-10-9-26-5-7-27(8-6-26)13-22(28)29/h1-4,11-12,14H,5-10,13H2,(H,28,29). The van der Waals surface area contributed by atoms with Gasteiger partial charge in [-0.15, -0.1) is 0 Å². The normalized spacial score (nSPS) is 15.2. The molecule has 32 heavy (non-hydrogen) atoms. The van der Waals surface area contributed by atoms with Crippen molar-refractivity contribution in [2.75, 3.05) is 45.9 Å². The van der Waals surface area contributed by atoms with Gasteiger partial charge in [0.1, 0.15) is 24.2 Å². The molecule has 0 amide bonds. The van der Waals surface area contributed by atoms with Crippen LogP contribution >= 0.6 is 23.2 Å². The van der Waals surface area contributed by atoms with Gasteiger partial charge in [-0.25, -0.2) is 0 Å². The Morgan fingerprint density at radius 3 is 2.50 bits per heavy atom. The van der Waals surface area contributed by atoms with Gasteiger partial charge in [0.15, 0.2) is 5.43 Å². The molecule has 7 nitrogen and oxygen atoms in total. The molecule has 1 saturated heterocycles. The van der Waals surface area contributed by atoms with Crippen LogP contribution in [-0.2, 0) is 4.79 Å². The lowest BCUT2D eigenvalue weighted by Crippen LogP contribution is -2.48. The van der Waals surface area contributed by atoms with E-state index in [1.54, 1.807) is 36.4 Å². The highest BCUT2D eigenvalue weighted by Crippen LogP contribution is 2.28. The molecule has 0 saturated carbocycles. The number of nitrogens with zero attached hydrogens (tertiary/aromatic N) is 2. The topological polar surface area (TPSA) is 83.2 Å². The summed E-state index contributed by atoms with van der Waals surface area (Å²) in [6, 6.07) is 10.2. The van der Waals surface area contributed by atoms with E-state index in [0.29, 0.717) is 44.5 Å². The molecule has 0 radical (unpaired) electrons. The van der Waals surface area contributed by atoms with E-state index in [1.165, 1.54) is 6.26 Å². The maximum Gasteiger partial charge on any atom is 0.317 e. The third-order valence-corrected chi connectivity index (χ3v) is 6.22. The highest BCUT2D eigenvalue weighted by Gasteiger charge is 2.18. The van der Waals surface area contributed by atoms with Gasteiger partial charge in [0, 0.05) is 38.8 Å². The van der Waals surface area contributed by atoms with Crippen molar-refractivity contribution in [2.45, 2.75) is 0 Å². The van der Waals surface area contributed by atoms with Crippen LogP contribution in [0.4, 0.5) is 0 Å². The Hall–Kier alpha value is -2.58. The molecular weight excluding hydrogens is 455 g/mol. The molecule has 0 atom stereocenters. The van der Waals surface area contributed by atoms with Crippen LogP contribution in [0.1, 0.15) is 0 Å². The van der Waals surface area contributed by atoms with E-state index in [4.69, 9.17) is 37.5 Å². The van der Waals surface area contributed by atoms with Gasteiger partial charge in [-0.05, 0) is 29.8 Å². The molecule has 0 spiro atoms. The number of fused-ring (bicyclic) bond motifs is 1. The molecule has 1 aliphatic rings. The summed E-state index contributed by atoms with van der Waals surface area (Å²) in [6.45, 7) is 4.37. The average molecular weight is 477 g/mol. The van der Waals surface area contributed by atoms with Gasteiger partial charge in [0.25, 0.3) is 0 Å². The second kappa shape index (κ2) is 9.92. The van der Waals surface area contributed by atoms with E-state index < -0.39 is 5.97 Å². The summed E-state index contributed by atoms with van der Waals surface area (Å²) in [4.78, 5) is 27.9. The molecule has 9 heteroatoms. The van der Waals surface area contributed by atoms with Crippen molar-refractivity contribution in [1.82, 2.24) is 9.80 Å². The van der Waals surface area contributed by atoms with Crippen molar-refractivity contribution >= 4 is 40.1 Å². The molecule has 0 bridgehead atoms. The number of carbonyl (C=O) groups is 1. The third-order valence-electron chi connectivity index (χ3n) is 5.48. The maximum atomic E-state index is 12.9. The van der Waals surface area contributed by atoms with Crippen LogP contribution in [-0.4, -0.2) is 66.8 Å². The summed E-state index contributed by atoms with van der Waals surface area (Å²) < 4.78 is 11.6. The minimum atomic E-state index is -0.797. The Morgan fingerprint density at radius 2 is 1.78 bits per heavy atom. The number of rotatable bonds is 7. The molecule has 1 aromatic heterocycles. The van der Waals surface area contributed by atoms with Crippen LogP contribution in [0.5, 0.6) is 5.75 Å². The van der Waals surface area contributed by atoms with Crippen molar-refractivity contribution in [3.05, 3.63) is 62.9 Å². The minimum Gasteiger partial charge on any atom is -0.492 e. The number of hydrogen-bond acceptors (Lipinski definition) is 6. The third kappa shape index (κ3) is 5.24. The van der Waals surface area contributed by atoms with E-state index in [1.807, 2.05) is 4.90 Å². The second-order valence-electron chi connectivity index (χ2n) is 7.63. The monoisotopic (exact) mass is 476 g/mol. The predicted molar refractivity (Wildman–Crippen MR) is 124 cm³/mol. The first-order valence-corrected chi connectivity index (χ1v) is 11.0. The summed E-state index contributed by atoms with van der Waals surface area (Å²) in [5, 5.41) is 10.1. The quantitative estimate of drug-likeness (QED) is 0.554. The van der Waals surface area contributed by atoms with Crippen LogP contribution in [0, 0.1) is 0 Å². The average Bonchev–Trinajstić information content (AvgIpc) is 2.77. The van der Waals surface area contributed by atoms with Gasteiger partial charge in [-0.2, -0.15) is 0 Å². The number of aliphatic carboxylic acids is 1. The number of halogens is 2. The van der Waals surface area contributed by atoms with Crippen molar-refractivity contribution < 1.29 is 19.1 Å². The van der Waals surface area contributed by atoms with Crippen LogP contribution in [0.25, 0.3) is 22.1 Å². The summed E-state index contributed by atoms with van der Waals surface area (Å²) in [7, 11) is 0. The zero-order chi connectivity index (χ0) is 22.7. The molecule has 1 N–H and O–H groups in total. The summed E-state index contributed by atoms with van der Waals surface area (Å²) in [5.74, 6) is -0.179. The van der Waals surface area contributed by atoms with Crippen LogP contribution in [0.15, 0.2) is 51.9 Å². The molecule has 0 aliphatic carbocycles. The largest absolute Gasteiger partial charge is 0.492 e. The fourth-order valence-corrected chi connectivity index (χ4v) is 4.01. The summed E-state index contributed by atoms with van der Waals surface area (Å²) in [6.07, 6.45) is 1.42. The lowest BCUT2D eigenvalue weighted by molar-refractivity contribution is -0.138. The van der Waals surface area contributed by atoms with Gasteiger partial charge in [0.2, 0.25) is 0 Å². The van der Waals surface area contributed by atoms with Gasteiger partial charge in [0.05, 0.1) is 27.5 Å². The fourth-order valence-electron chi connectivity index (χ4n) is 3.72. The SMILES string of the molecule is O=C(O)CN1CCN(CCOc2ccc3c(=O)c(-c4ccc(Cl)c(Cl)c4)coc3c2)CC1. The van der Waals surface area contributed by atoms with E-state index in [-0.39, 0.29) is 12.0 Å². The number of ether oxygens (including phenoxy) is 1. The lowest BCUT2D eigenvalue weighted by atomic mass is 10.1. The smallest absolute Gasteiger partial charge is 0.317 e. The fraction of sp³-hybridized carbons (Fsp3) is 0.304. The Balaban J connectivity index is 1.38. The van der Waals surface area contributed by atoms with E-state index in [9.17, 15) is 9.59 Å². The predicted octanol–water partition coefficient (Wildman–Crippen LogP) is 3.85. The first-order valence-electron chi connectivity index (χ1n) is 10.2. The first kappa shape index (κ1) is 22.6. The number of benzene rings is 2. The zero-order valence-corrected chi connectivity index (χ0v) is 18.7. The molecule has 1 aliphatic heterocycles. The summed E-state index contributed by atoms with van der Waals surface area (Å²) in [5.41, 5.74) is 1.33. The maximum absolute atomic E-state index is 12.9. The van der Waals surface area contributed by atoms with Gasteiger partial charge in [-0.1, -0.05) is 29.3 Å². The number of carboxylic acid groups (broad SMARTS) is 1. The van der Waals surface area contributed by atoms with E-state index in [2.05, 4.69) is 4.90 Å². The molecule has 1 fully saturated rings. The highest BCUT2D eigenvalue weighted by atomic mass is 35.5. The van der Waals surface area contributed by atoms with Gasteiger partial charge in [-0.3, -0.25) is 19.4 Å². The zero-order valence-electron chi connectivity index (χ0n) is 17.2. The van der Waals surface area contributed by atoms with Crippen LogP contribution in [0.2, 0.25) is 10.0 Å². The molecule has 2 aromatic carbocycles. The van der Waals surface area contributed by atoms with Crippen molar-refractivity contribution in [3.8, 4) is 16.9 Å².